The van der Waals surface area contributed by atoms with E-state index in [2.05, 4.69) is 20.9 Å². The van der Waals surface area contributed by atoms with Crippen LogP contribution in [0.15, 0.2) is 54.9 Å². The van der Waals surface area contributed by atoms with Gasteiger partial charge in [0, 0.05) is 42.0 Å². The summed E-state index contributed by atoms with van der Waals surface area (Å²) in [7, 11) is 0. The van der Waals surface area contributed by atoms with Gasteiger partial charge in [-0.25, -0.2) is 9.78 Å². The van der Waals surface area contributed by atoms with Crippen LogP contribution in [0, 0.1) is 11.8 Å². The molecule has 2 aromatic heterocycles. The molecule has 0 saturated heterocycles. The Bertz CT molecular complexity index is 1160. The molecule has 0 radical (unpaired) electrons. The van der Waals surface area contributed by atoms with E-state index in [-0.39, 0.29) is 17.5 Å². The Morgan fingerprint density at radius 2 is 1.54 bits per heavy atom. The molecular weight excluding hydrogens is 438 g/mol. The molecule has 0 atom stereocenters. The van der Waals surface area contributed by atoms with Crippen molar-refractivity contribution in [1.82, 2.24) is 25.9 Å². The molecule has 0 aliphatic heterocycles. The summed E-state index contributed by atoms with van der Waals surface area (Å²) in [6.45, 7) is 7.27. The molecule has 1 aliphatic carbocycles. The highest BCUT2D eigenvalue weighted by molar-refractivity contribution is 6.07. The van der Waals surface area contributed by atoms with E-state index in [0.29, 0.717) is 30.5 Å². The predicted octanol–water partition coefficient (Wildman–Crippen LogP) is 4.93. The Kier molecular flexibility index (Phi) is 7.63. The van der Waals surface area contributed by atoms with Crippen molar-refractivity contribution >= 4 is 22.8 Å². The Balaban J connectivity index is 1.33. The molecule has 3 aromatic rings. The van der Waals surface area contributed by atoms with Gasteiger partial charge in [-0.1, -0.05) is 18.2 Å². The lowest BCUT2D eigenvalue weighted by Crippen LogP contribution is -2.47. The standard InChI is InChI=1S/C28H35N5O2/c1-28(2,3)33-27(35)31-18-20-10-8-19(9-11-20)17-30-26(34)23-16-25(21-12-14-29-15-13-21)32-24-7-5-4-6-22(23)24/h4-7,12-16,19-20H,8-11,17-18H2,1-3H3,(H,30,34)(H2,31,33,35)/t19-,20-. The molecule has 0 unspecified atom stereocenters. The van der Waals surface area contributed by atoms with Gasteiger partial charge in [0.2, 0.25) is 0 Å². The highest BCUT2D eigenvalue weighted by Gasteiger charge is 2.23. The summed E-state index contributed by atoms with van der Waals surface area (Å²) in [5.41, 5.74) is 2.90. The number of carbonyl (C=O) groups excluding carboxylic acids is 2. The maximum atomic E-state index is 13.2. The Labute approximate surface area is 207 Å². The van der Waals surface area contributed by atoms with E-state index in [9.17, 15) is 9.59 Å². The molecule has 2 heterocycles. The van der Waals surface area contributed by atoms with Gasteiger partial charge in [0.25, 0.3) is 5.91 Å². The number of pyridine rings is 2. The molecule has 0 bridgehead atoms. The van der Waals surface area contributed by atoms with Gasteiger partial charge in [-0.05, 0) is 82.6 Å². The second kappa shape index (κ2) is 10.8. The van der Waals surface area contributed by atoms with Crippen molar-refractivity contribution in [3.63, 3.8) is 0 Å². The number of para-hydroxylation sites is 1. The van der Waals surface area contributed by atoms with Gasteiger partial charge in [0.05, 0.1) is 16.8 Å². The largest absolute Gasteiger partial charge is 0.352 e. The van der Waals surface area contributed by atoms with Gasteiger partial charge >= 0.3 is 6.03 Å². The molecule has 1 aromatic carbocycles. The molecule has 3 amide bonds. The average Bonchev–Trinajstić information content (AvgIpc) is 2.85. The van der Waals surface area contributed by atoms with Gasteiger partial charge in [-0.15, -0.1) is 0 Å². The van der Waals surface area contributed by atoms with E-state index in [0.717, 1.165) is 47.8 Å². The van der Waals surface area contributed by atoms with Crippen LogP contribution >= 0.6 is 0 Å². The quantitative estimate of drug-likeness (QED) is 0.473. The van der Waals surface area contributed by atoms with Gasteiger partial charge < -0.3 is 16.0 Å². The van der Waals surface area contributed by atoms with Gasteiger partial charge in [-0.2, -0.15) is 0 Å². The van der Waals surface area contributed by atoms with Gasteiger partial charge in [0.15, 0.2) is 0 Å². The number of rotatable bonds is 6. The van der Waals surface area contributed by atoms with Crippen molar-refractivity contribution in [1.29, 1.82) is 0 Å². The van der Waals surface area contributed by atoms with Crippen LogP contribution in [0.25, 0.3) is 22.2 Å². The Morgan fingerprint density at radius 3 is 2.20 bits per heavy atom. The van der Waals surface area contributed by atoms with E-state index in [1.54, 1.807) is 12.4 Å². The highest BCUT2D eigenvalue weighted by atomic mass is 16.2. The summed E-state index contributed by atoms with van der Waals surface area (Å²) < 4.78 is 0. The van der Waals surface area contributed by atoms with E-state index >= 15 is 0 Å². The molecule has 3 N–H and O–H groups in total. The van der Waals surface area contributed by atoms with Crippen molar-refractivity contribution in [2.24, 2.45) is 11.8 Å². The number of urea groups is 1. The SMILES string of the molecule is CC(C)(C)NC(=O)NC[C@H]1CC[C@H](CNC(=O)c2cc(-c3ccncc3)nc3ccccc23)CC1. The highest BCUT2D eigenvalue weighted by Crippen LogP contribution is 2.29. The number of carbonyl (C=O) groups is 2. The third-order valence-corrected chi connectivity index (χ3v) is 6.49. The van der Waals surface area contributed by atoms with Crippen molar-refractivity contribution < 1.29 is 9.59 Å². The number of hydrogen-bond donors (Lipinski definition) is 3. The summed E-state index contributed by atoms with van der Waals surface area (Å²) in [5, 5.41) is 9.96. The van der Waals surface area contributed by atoms with Crippen LogP contribution in [0.1, 0.15) is 56.8 Å². The molecule has 0 spiro atoms. The van der Waals surface area contributed by atoms with Crippen LogP contribution in [-0.4, -0.2) is 40.5 Å². The third kappa shape index (κ3) is 6.78. The fourth-order valence-corrected chi connectivity index (χ4v) is 4.63. The van der Waals surface area contributed by atoms with Crippen LogP contribution in [0.2, 0.25) is 0 Å². The molecule has 4 rings (SSSR count). The molecule has 7 heteroatoms. The van der Waals surface area contributed by atoms with E-state index in [1.807, 2.05) is 63.2 Å². The summed E-state index contributed by atoms with van der Waals surface area (Å²) in [4.78, 5) is 34.1. The van der Waals surface area contributed by atoms with E-state index < -0.39 is 0 Å². The van der Waals surface area contributed by atoms with Crippen LogP contribution in [0.3, 0.4) is 0 Å². The predicted molar refractivity (Wildman–Crippen MR) is 139 cm³/mol. The number of fused-ring (bicyclic) bond motifs is 1. The first-order chi connectivity index (χ1) is 16.8. The molecular formula is C28H35N5O2. The van der Waals surface area contributed by atoms with E-state index in [1.165, 1.54) is 0 Å². The molecule has 184 valence electrons. The lowest BCUT2D eigenvalue weighted by molar-refractivity contribution is 0.0942. The Hall–Kier alpha value is -3.48. The number of benzene rings is 1. The number of nitrogens with zero attached hydrogens (tertiary/aromatic N) is 2. The fraction of sp³-hybridized carbons (Fsp3) is 0.429. The molecule has 35 heavy (non-hydrogen) atoms. The maximum Gasteiger partial charge on any atom is 0.315 e. The number of nitrogens with one attached hydrogen (secondary N) is 3. The first-order valence-corrected chi connectivity index (χ1v) is 12.4. The van der Waals surface area contributed by atoms with Crippen molar-refractivity contribution in [3.8, 4) is 11.3 Å². The van der Waals surface area contributed by atoms with Crippen LogP contribution in [-0.2, 0) is 0 Å². The van der Waals surface area contributed by atoms with Crippen LogP contribution < -0.4 is 16.0 Å². The number of amides is 3. The maximum absolute atomic E-state index is 13.2. The summed E-state index contributed by atoms with van der Waals surface area (Å²) >= 11 is 0. The smallest absolute Gasteiger partial charge is 0.315 e. The van der Waals surface area contributed by atoms with Crippen molar-refractivity contribution in [2.45, 2.75) is 52.0 Å². The molecule has 1 aliphatic rings. The van der Waals surface area contributed by atoms with Gasteiger partial charge in [-0.3, -0.25) is 9.78 Å². The topological polar surface area (TPSA) is 96.0 Å². The second-order valence-electron chi connectivity index (χ2n) is 10.5. The van der Waals surface area contributed by atoms with E-state index in [4.69, 9.17) is 4.98 Å². The summed E-state index contributed by atoms with van der Waals surface area (Å²) in [6, 6.07) is 13.3. The number of hydrogen-bond acceptors (Lipinski definition) is 4. The zero-order chi connectivity index (χ0) is 24.8. The monoisotopic (exact) mass is 473 g/mol. The lowest BCUT2D eigenvalue weighted by atomic mass is 9.82. The first kappa shape index (κ1) is 24.6. The van der Waals surface area contributed by atoms with Crippen LogP contribution in [0.5, 0.6) is 0 Å². The normalized spacial score (nSPS) is 18.1. The minimum atomic E-state index is -0.237. The van der Waals surface area contributed by atoms with Crippen molar-refractivity contribution in [3.05, 3.63) is 60.4 Å². The zero-order valence-corrected chi connectivity index (χ0v) is 20.8. The van der Waals surface area contributed by atoms with Gasteiger partial charge in [0.1, 0.15) is 0 Å². The third-order valence-electron chi connectivity index (χ3n) is 6.49. The average molecular weight is 474 g/mol. The lowest BCUT2D eigenvalue weighted by Gasteiger charge is -2.29. The fourth-order valence-electron chi connectivity index (χ4n) is 4.63. The number of aromatic nitrogens is 2. The summed E-state index contributed by atoms with van der Waals surface area (Å²) in [5.74, 6) is 0.868. The molecule has 7 nitrogen and oxygen atoms in total. The van der Waals surface area contributed by atoms with Crippen LogP contribution in [0.4, 0.5) is 4.79 Å². The minimum absolute atomic E-state index is 0.0680. The first-order valence-electron chi connectivity index (χ1n) is 12.4. The Morgan fingerprint density at radius 1 is 0.914 bits per heavy atom. The molecule has 1 fully saturated rings. The minimum Gasteiger partial charge on any atom is -0.352 e. The summed E-state index contributed by atoms with van der Waals surface area (Å²) in [6.07, 6.45) is 7.67. The zero-order valence-electron chi connectivity index (χ0n) is 20.8. The second-order valence-corrected chi connectivity index (χ2v) is 10.5. The molecule has 1 saturated carbocycles. The van der Waals surface area contributed by atoms with Crippen molar-refractivity contribution in [2.75, 3.05) is 13.1 Å².